The third kappa shape index (κ3) is 4.22. The average Bonchev–Trinajstić information content (AvgIpc) is 3.56. The van der Waals surface area contributed by atoms with Crippen molar-refractivity contribution in [3.63, 3.8) is 0 Å². The molecule has 0 radical (unpaired) electrons. The molecule has 3 aliphatic heterocycles. The number of amides is 3. The fourth-order valence-electron chi connectivity index (χ4n) is 6.49. The summed E-state index contributed by atoms with van der Waals surface area (Å²) in [7, 11) is 0. The second kappa shape index (κ2) is 9.36. The third-order valence-corrected chi connectivity index (χ3v) is 9.12. The maximum absolute atomic E-state index is 13.9. The molecule has 3 fully saturated rings. The number of nitrogens with one attached hydrogen (secondary N) is 2. The summed E-state index contributed by atoms with van der Waals surface area (Å²) in [4.78, 5) is 44.0. The number of carbonyl (C=O) groups excluding carboxylic acids is 3. The quantitative estimate of drug-likeness (QED) is 0.537. The number of hydrogen-bond acceptors (Lipinski definition) is 5. The van der Waals surface area contributed by atoms with E-state index in [2.05, 4.69) is 24.5 Å². The summed E-state index contributed by atoms with van der Waals surface area (Å²) in [5.41, 5.74) is -2.01. The summed E-state index contributed by atoms with van der Waals surface area (Å²) in [6, 6.07) is 3.31. The van der Waals surface area contributed by atoms with E-state index >= 15 is 0 Å². The molecule has 1 aromatic heterocycles. The standard InChI is InChI=1S/C27H37N3O4S/c1-17(2)11-14-30-22(24(32)29-18-8-5-4-6-9-18)27-13-12-26(3,34-27)20(21(27)25(30)33)23(31)28-16-19-10-7-15-35-19/h7,10,12-13,15,17-18,20-22H,4-6,8-9,11,14,16H2,1-3H3,(H,28,31)(H,29,32)/t20-,21-,22-,26+,27-/m0/s1. The van der Waals surface area contributed by atoms with Crippen molar-refractivity contribution in [3.8, 4) is 0 Å². The van der Waals surface area contributed by atoms with Crippen LogP contribution in [0.5, 0.6) is 0 Å². The lowest BCUT2D eigenvalue weighted by molar-refractivity contribution is -0.145. The van der Waals surface area contributed by atoms with Gasteiger partial charge in [-0.2, -0.15) is 0 Å². The first-order chi connectivity index (χ1) is 16.7. The highest BCUT2D eigenvalue weighted by Crippen LogP contribution is 2.59. The molecule has 1 spiro atoms. The van der Waals surface area contributed by atoms with Crippen molar-refractivity contribution in [2.24, 2.45) is 17.8 Å². The molecule has 8 heteroatoms. The molecule has 4 heterocycles. The zero-order chi connectivity index (χ0) is 24.8. The van der Waals surface area contributed by atoms with Gasteiger partial charge in [0.15, 0.2) is 0 Å². The van der Waals surface area contributed by atoms with E-state index in [1.54, 1.807) is 16.2 Å². The molecule has 4 aliphatic rings. The number of thiophene rings is 1. The normalized spacial score (nSPS) is 34.0. The number of ether oxygens (including phenoxy) is 1. The second-order valence-corrected chi connectivity index (χ2v) is 12.2. The molecule has 0 aromatic carbocycles. The molecule has 1 aromatic rings. The fourth-order valence-corrected chi connectivity index (χ4v) is 7.14. The third-order valence-electron chi connectivity index (χ3n) is 8.24. The van der Waals surface area contributed by atoms with Crippen molar-refractivity contribution < 1.29 is 19.1 Å². The highest BCUT2D eigenvalue weighted by Gasteiger charge is 2.76. The van der Waals surface area contributed by atoms with Crippen LogP contribution in [0.1, 0.15) is 64.2 Å². The van der Waals surface area contributed by atoms with Crippen LogP contribution in [0.15, 0.2) is 29.7 Å². The van der Waals surface area contributed by atoms with Gasteiger partial charge in [-0.15, -0.1) is 11.3 Å². The molecule has 2 N–H and O–H groups in total. The van der Waals surface area contributed by atoms with Crippen LogP contribution in [0.4, 0.5) is 0 Å². The molecule has 1 saturated carbocycles. The minimum absolute atomic E-state index is 0.136. The van der Waals surface area contributed by atoms with Gasteiger partial charge in [0.25, 0.3) is 0 Å². The maximum atomic E-state index is 13.9. The molecule has 2 bridgehead atoms. The van der Waals surface area contributed by atoms with Crippen molar-refractivity contribution in [1.29, 1.82) is 0 Å². The van der Waals surface area contributed by atoms with Crippen LogP contribution in [0.25, 0.3) is 0 Å². The van der Waals surface area contributed by atoms with E-state index in [0.717, 1.165) is 37.0 Å². The van der Waals surface area contributed by atoms with Gasteiger partial charge in [0, 0.05) is 17.5 Å². The van der Waals surface area contributed by atoms with Gasteiger partial charge in [0.1, 0.15) is 11.6 Å². The van der Waals surface area contributed by atoms with Crippen molar-refractivity contribution in [1.82, 2.24) is 15.5 Å². The molecule has 190 valence electrons. The molecule has 35 heavy (non-hydrogen) atoms. The maximum Gasteiger partial charge on any atom is 0.246 e. The fraction of sp³-hybridized carbons (Fsp3) is 0.667. The Bertz CT molecular complexity index is 1000. The molecule has 5 rings (SSSR count). The Morgan fingerprint density at radius 3 is 2.66 bits per heavy atom. The van der Waals surface area contributed by atoms with Crippen LogP contribution < -0.4 is 10.6 Å². The minimum Gasteiger partial charge on any atom is -0.356 e. The monoisotopic (exact) mass is 499 g/mol. The number of fused-ring (bicyclic) bond motifs is 1. The predicted molar refractivity (Wildman–Crippen MR) is 134 cm³/mol. The van der Waals surface area contributed by atoms with E-state index in [4.69, 9.17) is 4.74 Å². The molecular weight excluding hydrogens is 462 g/mol. The van der Waals surface area contributed by atoms with Gasteiger partial charge in [0.2, 0.25) is 17.7 Å². The zero-order valence-electron chi connectivity index (χ0n) is 20.9. The smallest absolute Gasteiger partial charge is 0.246 e. The molecule has 5 atom stereocenters. The minimum atomic E-state index is -1.10. The van der Waals surface area contributed by atoms with Crippen LogP contribution in [-0.2, 0) is 25.7 Å². The van der Waals surface area contributed by atoms with Gasteiger partial charge >= 0.3 is 0 Å². The molecule has 7 nitrogen and oxygen atoms in total. The van der Waals surface area contributed by atoms with E-state index in [-0.39, 0.29) is 23.8 Å². The lowest BCUT2D eigenvalue weighted by atomic mass is 9.70. The Labute approximate surface area is 211 Å². The Balaban J connectivity index is 1.43. The van der Waals surface area contributed by atoms with Crippen LogP contribution in [0, 0.1) is 17.8 Å². The second-order valence-electron chi connectivity index (χ2n) is 11.2. The summed E-state index contributed by atoms with van der Waals surface area (Å²) < 4.78 is 6.58. The first-order valence-corrected chi connectivity index (χ1v) is 13.9. The number of rotatable bonds is 8. The number of nitrogens with zero attached hydrogens (tertiary/aromatic N) is 1. The first kappa shape index (κ1) is 24.5. The average molecular weight is 500 g/mol. The van der Waals surface area contributed by atoms with Gasteiger partial charge in [-0.25, -0.2) is 0 Å². The van der Waals surface area contributed by atoms with Crippen LogP contribution in [0.2, 0.25) is 0 Å². The Morgan fingerprint density at radius 1 is 1.20 bits per heavy atom. The Hall–Kier alpha value is -2.19. The van der Waals surface area contributed by atoms with Gasteiger partial charge < -0.3 is 20.3 Å². The molecule has 1 aliphatic carbocycles. The highest BCUT2D eigenvalue weighted by atomic mass is 32.1. The summed E-state index contributed by atoms with van der Waals surface area (Å²) in [6.07, 6.45) is 9.96. The van der Waals surface area contributed by atoms with Crippen molar-refractivity contribution in [2.75, 3.05) is 6.54 Å². The topological polar surface area (TPSA) is 87.7 Å². The Morgan fingerprint density at radius 2 is 1.97 bits per heavy atom. The summed E-state index contributed by atoms with van der Waals surface area (Å²) in [5, 5.41) is 8.25. The van der Waals surface area contributed by atoms with Crippen molar-refractivity contribution >= 4 is 29.1 Å². The van der Waals surface area contributed by atoms with Crippen molar-refractivity contribution in [2.45, 2.75) is 89.1 Å². The van der Waals surface area contributed by atoms with E-state index in [9.17, 15) is 14.4 Å². The molecule has 2 saturated heterocycles. The van der Waals surface area contributed by atoms with E-state index < -0.39 is 29.1 Å². The number of carbonyl (C=O) groups is 3. The van der Waals surface area contributed by atoms with Gasteiger partial charge in [-0.3, -0.25) is 14.4 Å². The van der Waals surface area contributed by atoms with Crippen LogP contribution in [-0.4, -0.2) is 52.5 Å². The molecular formula is C27H37N3O4S. The van der Waals surface area contributed by atoms with E-state index in [1.165, 1.54) is 6.42 Å². The first-order valence-electron chi connectivity index (χ1n) is 13.1. The predicted octanol–water partition coefficient (Wildman–Crippen LogP) is 3.40. The highest BCUT2D eigenvalue weighted by molar-refractivity contribution is 7.09. The molecule has 0 unspecified atom stereocenters. The summed E-state index contributed by atoms with van der Waals surface area (Å²) >= 11 is 1.58. The van der Waals surface area contributed by atoms with E-state index in [1.807, 2.05) is 36.6 Å². The lowest BCUT2D eigenvalue weighted by Crippen LogP contribution is -2.56. The largest absolute Gasteiger partial charge is 0.356 e. The van der Waals surface area contributed by atoms with Gasteiger partial charge in [0.05, 0.1) is 24.0 Å². The number of hydrogen-bond donors (Lipinski definition) is 2. The van der Waals surface area contributed by atoms with Gasteiger partial charge in [-0.05, 0) is 43.6 Å². The van der Waals surface area contributed by atoms with Crippen molar-refractivity contribution in [3.05, 3.63) is 34.5 Å². The molecule has 3 amide bonds. The van der Waals surface area contributed by atoms with Gasteiger partial charge in [-0.1, -0.05) is 51.3 Å². The van der Waals surface area contributed by atoms with Crippen LogP contribution in [0.3, 0.4) is 0 Å². The zero-order valence-corrected chi connectivity index (χ0v) is 21.7. The summed E-state index contributed by atoms with van der Waals surface area (Å²) in [5.74, 6) is -1.46. The van der Waals surface area contributed by atoms with E-state index in [0.29, 0.717) is 19.0 Å². The SMILES string of the molecule is CC(C)CCN1C(=O)[C@@H]2[C@@H](C(=O)NCc3cccs3)[C@@]3(C)C=C[C@@]2(O3)[C@@H]1C(=O)NC1CCCCC1. The van der Waals surface area contributed by atoms with Crippen LogP contribution >= 0.6 is 11.3 Å². The Kier molecular flexibility index (Phi) is 6.55. The number of likely N-dealkylation sites (tertiary alicyclic amines) is 1. The summed E-state index contributed by atoms with van der Waals surface area (Å²) in [6.45, 7) is 6.99. The lowest BCUT2D eigenvalue weighted by Gasteiger charge is -2.35.